The summed E-state index contributed by atoms with van der Waals surface area (Å²) >= 11 is 0. The Labute approximate surface area is 90.0 Å². The molecule has 4 nitrogen and oxygen atoms in total. The van der Waals surface area contributed by atoms with Crippen LogP contribution in [0.15, 0.2) is 24.8 Å². The number of esters is 1. The van der Waals surface area contributed by atoms with Crippen LogP contribution in [0.4, 0.5) is 0 Å². The average molecular weight is 208 g/mol. The summed E-state index contributed by atoms with van der Waals surface area (Å²) in [6.45, 7) is 6.14. The molecule has 0 unspecified atom stereocenters. The Kier molecular flexibility index (Phi) is 7.86. The number of hydrogen-bond acceptors (Lipinski definition) is 4. The summed E-state index contributed by atoms with van der Waals surface area (Å²) in [5, 5.41) is 0. The van der Waals surface area contributed by atoms with E-state index in [1.807, 2.05) is 13.8 Å². The first-order valence-electron chi connectivity index (χ1n) is 4.92. The molecule has 1 aromatic heterocycles. The molecule has 0 atom stereocenters. The Bertz CT molecular complexity index is 297. The molecule has 0 aliphatic carbocycles. The van der Waals surface area contributed by atoms with Gasteiger partial charge in [-0.3, -0.25) is 0 Å². The van der Waals surface area contributed by atoms with Gasteiger partial charge in [-0.05, 0) is 13.0 Å². The van der Waals surface area contributed by atoms with Crippen LogP contribution in [0.25, 0.3) is 6.08 Å². The van der Waals surface area contributed by atoms with Crippen molar-refractivity contribution in [3.63, 3.8) is 0 Å². The number of carbonyl (C=O) groups is 1. The Morgan fingerprint density at radius 1 is 1.40 bits per heavy atom. The van der Waals surface area contributed by atoms with Crippen molar-refractivity contribution in [3.05, 3.63) is 30.4 Å². The van der Waals surface area contributed by atoms with Crippen LogP contribution in [0.2, 0.25) is 0 Å². The average Bonchev–Trinajstić information content (AvgIpc) is 2.31. The van der Waals surface area contributed by atoms with Crippen LogP contribution in [0, 0.1) is 0 Å². The van der Waals surface area contributed by atoms with E-state index in [0.717, 1.165) is 5.56 Å². The topological polar surface area (TPSA) is 52.1 Å². The number of hydrogen-bond donors (Lipinski definition) is 0. The lowest BCUT2D eigenvalue weighted by Crippen LogP contribution is -1.98. The van der Waals surface area contributed by atoms with Crippen molar-refractivity contribution in [1.82, 2.24) is 9.97 Å². The molecule has 15 heavy (non-hydrogen) atoms. The third-order valence-corrected chi connectivity index (χ3v) is 1.28. The van der Waals surface area contributed by atoms with E-state index in [0.29, 0.717) is 6.61 Å². The van der Waals surface area contributed by atoms with Crippen molar-refractivity contribution < 1.29 is 9.53 Å². The van der Waals surface area contributed by atoms with Crippen molar-refractivity contribution in [2.45, 2.75) is 20.8 Å². The predicted octanol–water partition coefficient (Wildman–Crippen LogP) is 2.08. The standard InChI is InChI=1S/C9H10N2O2.C2H6/c1-2-13-9(12)4-3-8-5-10-7-11-6-8;1-2/h3-7H,2H2,1H3;1-2H3/b4-3+;. The van der Waals surface area contributed by atoms with E-state index in [2.05, 4.69) is 9.97 Å². The number of rotatable bonds is 3. The van der Waals surface area contributed by atoms with Gasteiger partial charge >= 0.3 is 5.97 Å². The third kappa shape index (κ3) is 6.37. The summed E-state index contributed by atoms with van der Waals surface area (Å²) in [6.07, 6.45) is 7.62. The second-order valence-electron chi connectivity index (χ2n) is 2.26. The van der Waals surface area contributed by atoms with Crippen molar-refractivity contribution in [1.29, 1.82) is 0 Å². The first-order valence-corrected chi connectivity index (χ1v) is 4.92. The molecule has 0 saturated heterocycles. The Morgan fingerprint density at radius 3 is 2.53 bits per heavy atom. The molecule has 0 spiro atoms. The van der Waals surface area contributed by atoms with Gasteiger partial charge in [-0.1, -0.05) is 13.8 Å². The Morgan fingerprint density at radius 2 is 2.00 bits per heavy atom. The highest BCUT2D eigenvalue weighted by atomic mass is 16.5. The van der Waals surface area contributed by atoms with Crippen molar-refractivity contribution >= 4 is 12.0 Å². The van der Waals surface area contributed by atoms with Gasteiger partial charge in [0.1, 0.15) is 6.33 Å². The van der Waals surface area contributed by atoms with E-state index >= 15 is 0 Å². The van der Waals surface area contributed by atoms with E-state index < -0.39 is 0 Å². The van der Waals surface area contributed by atoms with Gasteiger partial charge in [0.15, 0.2) is 0 Å². The molecule has 0 aliphatic heterocycles. The molecule has 4 heteroatoms. The fraction of sp³-hybridized carbons (Fsp3) is 0.364. The third-order valence-electron chi connectivity index (χ3n) is 1.28. The molecule has 0 aromatic carbocycles. The summed E-state index contributed by atoms with van der Waals surface area (Å²) in [5.74, 6) is -0.355. The molecular weight excluding hydrogens is 192 g/mol. The van der Waals surface area contributed by atoms with E-state index in [1.54, 1.807) is 25.4 Å². The normalized spacial score (nSPS) is 9.27. The quantitative estimate of drug-likeness (QED) is 0.563. The summed E-state index contributed by atoms with van der Waals surface area (Å²) in [6, 6.07) is 0. The highest BCUT2D eigenvalue weighted by molar-refractivity contribution is 5.86. The lowest BCUT2D eigenvalue weighted by molar-refractivity contribution is -0.137. The monoisotopic (exact) mass is 208 g/mol. The van der Waals surface area contributed by atoms with Crippen LogP contribution < -0.4 is 0 Å². The maximum absolute atomic E-state index is 10.9. The van der Waals surface area contributed by atoms with Crippen molar-refractivity contribution in [2.24, 2.45) is 0 Å². The maximum Gasteiger partial charge on any atom is 0.330 e. The fourth-order valence-electron chi connectivity index (χ4n) is 0.751. The van der Waals surface area contributed by atoms with Crippen LogP contribution in [-0.2, 0) is 9.53 Å². The minimum Gasteiger partial charge on any atom is -0.463 e. The van der Waals surface area contributed by atoms with Crippen LogP contribution in [-0.4, -0.2) is 22.5 Å². The molecule has 1 aromatic rings. The summed E-state index contributed by atoms with van der Waals surface area (Å²) in [7, 11) is 0. The van der Waals surface area contributed by atoms with E-state index in [1.165, 1.54) is 12.4 Å². The summed E-state index contributed by atoms with van der Waals surface area (Å²) < 4.78 is 4.70. The number of ether oxygens (including phenoxy) is 1. The number of nitrogens with zero attached hydrogens (tertiary/aromatic N) is 2. The molecule has 0 amide bonds. The smallest absolute Gasteiger partial charge is 0.330 e. The molecule has 1 rings (SSSR count). The highest BCUT2D eigenvalue weighted by Crippen LogP contribution is 1.96. The Hall–Kier alpha value is -1.71. The van der Waals surface area contributed by atoms with Gasteiger partial charge in [0.05, 0.1) is 6.61 Å². The highest BCUT2D eigenvalue weighted by Gasteiger charge is 1.92. The van der Waals surface area contributed by atoms with Gasteiger partial charge in [0, 0.05) is 24.0 Å². The molecule has 0 aliphatic rings. The first-order chi connectivity index (χ1) is 7.33. The van der Waals surface area contributed by atoms with Gasteiger partial charge in [-0.25, -0.2) is 14.8 Å². The van der Waals surface area contributed by atoms with Gasteiger partial charge in [-0.2, -0.15) is 0 Å². The van der Waals surface area contributed by atoms with Crippen LogP contribution in [0.1, 0.15) is 26.3 Å². The zero-order valence-electron chi connectivity index (χ0n) is 9.30. The lowest BCUT2D eigenvalue weighted by atomic mass is 10.3. The molecule has 1 heterocycles. The molecule has 0 bridgehead atoms. The fourth-order valence-corrected chi connectivity index (χ4v) is 0.751. The van der Waals surface area contributed by atoms with E-state index in [-0.39, 0.29) is 5.97 Å². The lowest BCUT2D eigenvalue weighted by Gasteiger charge is -1.94. The molecular formula is C11H16N2O2. The maximum atomic E-state index is 10.9. The van der Waals surface area contributed by atoms with Gasteiger partial charge in [-0.15, -0.1) is 0 Å². The van der Waals surface area contributed by atoms with Crippen LogP contribution in [0.3, 0.4) is 0 Å². The second kappa shape index (κ2) is 8.87. The molecule has 82 valence electrons. The van der Waals surface area contributed by atoms with E-state index in [4.69, 9.17) is 4.74 Å². The predicted molar refractivity (Wildman–Crippen MR) is 59.0 cm³/mol. The molecule has 0 radical (unpaired) electrons. The second-order valence-corrected chi connectivity index (χ2v) is 2.26. The Balaban J connectivity index is 0.000000921. The van der Waals surface area contributed by atoms with Gasteiger partial charge in [0.2, 0.25) is 0 Å². The molecule has 0 saturated carbocycles. The zero-order valence-corrected chi connectivity index (χ0v) is 9.30. The van der Waals surface area contributed by atoms with E-state index in [9.17, 15) is 4.79 Å². The SMILES string of the molecule is CC.CCOC(=O)/C=C/c1cncnc1. The van der Waals surface area contributed by atoms with Crippen LogP contribution in [0.5, 0.6) is 0 Å². The number of carbonyl (C=O) groups excluding carboxylic acids is 1. The first kappa shape index (κ1) is 13.3. The minimum absolute atomic E-state index is 0.355. The number of aromatic nitrogens is 2. The van der Waals surface area contributed by atoms with Crippen molar-refractivity contribution in [3.8, 4) is 0 Å². The largest absolute Gasteiger partial charge is 0.463 e. The molecule has 0 fully saturated rings. The summed E-state index contributed by atoms with van der Waals surface area (Å²) in [4.78, 5) is 18.5. The minimum atomic E-state index is -0.355. The summed E-state index contributed by atoms with van der Waals surface area (Å²) in [5.41, 5.74) is 0.774. The van der Waals surface area contributed by atoms with Gasteiger partial charge in [0.25, 0.3) is 0 Å². The zero-order chi connectivity index (χ0) is 11.5. The van der Waals surface area contributed by atoms with Gasteiger partial charge < -0.3 is 4.74 Å². The molecule has 0 N–H and O–H groups in total. The van der Waals surface area contributed by atoms with Crippen LogP contribution >= 0.6 is 0 Å². The van der Waals surface area contributed by atoms with Crippen molar-refractivity contribution in [2.75, 3.05) is 6.61 Å².